The molecule has 0 bridgehead atoms. The topological polar surface area (TPSA) is 102 Å². The van der Waals surface area contributed by atoms with Gasteiger partial charge in [-0.05, 0) is 19.1 Å². The first-order valence-electron chi connectivity index (χ1n) is 4.89. The van der Waals surface area contributed by atoms with Crippen LogP contribution in [0.5, 0.6) is 0 Å². The van der Waals surface area contributed by atoms with Crippen molar-refractivity contribution in [2.45, 2.75) is 6.92 Å². The molecule has 88 valence electrons. The second kappa shape index (κ2) is 4.12. The lowest BCUT2D eigenvalue weighted by Crippen LogP contribution is -2.45. The normalized spacial score (nSPS) is 10.2. The Labute approximate surface area is 96.6 Å². The highest BCUT2D eigenvalue weighted by molar-refractivity contribution is 5.95. The minimum absolute atomic E-state index is 0.356. The summed E-state index contributed by atoms with van der Waals surface area (Å²) in [4.78, 5) is 26.5. The van der Waals surface area contributed by atoms with E-state index in [0.29, 0.717) is 17.0 Å². The van der Waals surface area contributed by atoms with E-state index in [9.17, 15) is 9.59 Å². The minimum atomic E-state index is -0.829. The van der Waals surface area contributed by atoms with Crippen molar-refractivity contribution < 1.29 is 9.59 Å². The van der Waals surface area contributed by atoms with Crippen LogP contribution in [-0.2, 0) is 0 Å². The Kier molecular flexibility index (Phi) is 2.65. The smallest absolute Gasteiger partial charge is 0.330 e. The van der Waals surface area contributed by atoms with Crippen molar-refractivity contribution in [3.05, 3.63) is 35.8 Å². The van der Waals surface area contributed by atoms with Crippen LogP contribution in [0.3, 0.4) is 0 Å². The number of hydrogen-bond donors (Lipinski definition) is 3. The zero-order chi connectivity index (χ0) is 12.4. The number of rotatable bonds is 1. The Morgan fingerprint density at radius 3 is 2.82 bits per heavy atom. The fourth-order valence-electron chi connectivity index (χ4n) is 1.56. The van der Waals surface area contributed by atoms with Gasteiger partial charge < -0.3 is 5.73 Å². The molecular weight excluding hydrogens is 222 g/mol. The molecule has 2 aromatic heterocycles. The summed E-state index contributed by atoms with van der Waals surface area (Å²) in [5.41, 5.74) is 10.7. The van der Waals surface area contributed by atoms with Gasteiger partial charge in [-0.1, -0.05) is 6.07 Å². The summed E-state index contributed by atoms with van der Waals surface area (Å²) < 4.78 is 1.63. The van der Waals surface area contributed by atoms with Crippen molar-refractivity contribution in [2.75, 3.05) is 0 Å². The number of imidazole rings is 1. The number of carbonyl (C=O) groups excluding carboxylic acids is 2. The number of urea groups is 1. The summed E-state index contributed by atoms with van der Waals surface area (Å²) in [5.74, 6) is -0.472. The molecule has 17 heavy (non-hydrogen) atoms. The number of carbonyl (C=O) groups is 2. The standard InChI is InChI=1S/C10H11N5O2/c1-6-8(9(16)13-14-10(11)17)15-5-3-2-4-7(15)12-6/h2-5H,1H3,(H,13,16)(H3,11,14,17). The summed E-state index contributed by atoms with van der Waals surface area (Å²) in [7, 11) is 0. The van der Waals surface area contributed by atoms with Crippen LogP contribution in [0, 0.1) is 6.92 Å². The van der Waals surface area contributed by atoms with Gasteiger partial charge in [0.25, 0.3) is 5.91 Å². The number of nitrogens with two attached hydrogens (primary N) is 1. The third-order valence-electron chi connectivity index (χ3n) is 2.22. The molecule has 2 aromatic rings. The highest BCUT2D eigenvalue weighted by atomic mass is 16.2. The van der Waals surface area contributed by atoms with Gasteiger partial charge in [-0.3, -0.25) is 14.6 Å². The average molecular weight is 233 g/mol. The highest BCUT2D eigenvalue weighted by Crippen LogP contribution is 2.10. The van der Waals surface area contributed by atoms with Crippen LogP contribution in [0.2, 0.25) is 0 Å². The van der Waals surface area contributed by atoms with Crippen molar-refractivity contribution >= 4 is 17.6 Å². The van der Waals surface area contributed by atoms with Crippen LogP contribution in [0.4, 0.5) is 4.79 Å². The van der Waals surface area contributed by atoms with Gasteiger partial charge in [-0.25, -0.2) is 15.2 Å². The molecule has 2 heterocycles. The van der Waals surface area contributed by atoms with Gasteiger partial charge in [-0.15, -0.1) is 0 Å². The maximum Gasteiger partial charge on any atom is 0.330 e. The van der Waals surface area contributed by atoms with Crippen LogP contribution in [0.1, 0.15) is 16.2 Å². The van der Waals surface area contributed by atoms with Gasteiger partial charge in [-0.2, -0.15) is 0 Å². The molecule has 0 saturated carbocycles. The van der Waals surface area contributed by atoms with E-state index in [0.717, 1.165) is 0 Å². The van der Waals surface area contributed by atoms with Crippen LogP contribution in [-0.4, -0.2) is 21.3 Å². The van der Waals surface area contributed by atoms with Crippen molar-refractivity contribution in [1.82, 2.24) is 20.2 Å². The average Bonchev–Trinajstić information content (AvgIpc) is 2.61. The number of fused-ring (bicyclic) bond motifs is 1. The largest absolute Gasteiger partial charge is 0.350 e. The maximum atomic E-state index is 11.8. The third-order valence-corrected chi connectivity index (χ3v) is 2.22. The second-order valence-electron chi connectivity index (χ2n) is 3.42. The number of primary amides is 1. The van der Waals surface area contributed by atoms with E-state index >= 15 is 0 Å². The van der Waals surface area contributed by atoms with E-state index < -0.39 is 11.9 Å². The van der Waals surface area contributed by atoms with Crippen molar-refractivity contribution in [2.24, 2.45) is 5.73 Å². The van der Waals surface area contributed by atoms with E-state index in [-0.39, 0.29) is 0 Å². The SMILES string of the molecule is Cc1nc2ccccn2c1C(=O)NNC(N)=O. The first-order valence-corrected chi connectivity index (χ1v) is 4.89. The van der Waals surface area contributed by atoms with Crippen molar-refractivity contribution in [3.63, 3.8) is 0 Å². The zero-order valence-corrected chi connectivity index (χ0v) is 9.10. The molecule has 0 radical (unpaired) electrons. The van der Waals surface area contributed by atoms with E-state index in [4.69, 9.17) is 5.73 Å². The quantitative estimate of drug-likeness (QED) is 0.602. The molecule has 0 fully saturated rings. The van der Waals surface area contributed by atoms with E-state index in [1.165, 1.54) is 0 Å². The monoisotopic (exact) mass is 233 g/mol. The summed E-state index contributed by atoms with van der Waals surface area (Å²) in [6, 6.07) is 4.56. The van der Waals surface area contributed by atoms with Gasteiger partial charge in [0.2, 0.25) is 0 Å². The Morgan fingerprint density at radius 2 is 2.12 bits per heavy atom. The van der Waals surface area contributed by atoms with Gasteiger partial charge in [0.15, 0.2) is 0 Å². The van der Waals surface area contributed by atoms with E-state index in [1.807, 2.05) is 11.5 Å². The van der Waals surface area contributed by atoms with E-state index in [1.54, 1.807) is 29.7 Å². The summed E-state index contributed by atoms with van der Waals surface area (Å²) >= 11 is 0. The Hall–Kier alpha value is -2.57. The summed E-state index contributed by atoms with van der Waals surface area (Å²) in [5, 5.41) is 0. The molecule has 7 heteroatoms. The number of aromatic nitrogens is 2. The zero-order valence-electron chi connectivity index (χ0n) is 9.10. The molecule has 0 atom stereocenters. The summed E-state index contributed by atoms with van der Waals surface area (Å²) in [6.45, 7) is 1.71. The molecule has 0 spiro atoms. The number of pyridine rings is 1. The molecule has 0 aliphatic heterocycles. The Morgan fingerprint density at radius 1 is 1.35 bits per heavy atom. The van der Waals surface area contributed by atoms with Crippen molar-refractivity contribution in [3.8, 4) is 0 Å². The molecule has 0 unspecified atom stereocenters. The maximum absolute atomic E-state index is 11.8. The lowest BCUT2D eigenvalue weighted by Gasteiger charge is -2.05. The molecule has 7 nitrogen and oxygen atoms in total. The fourth-order valence-corrected chi connectivity index (χ4v) is 1.56. The van der Waals surface area contributed by atoms with Crippen LogP contribution < -0.4 is 16.6 Å². The van der Waals surface area contributed by atoms with Crippen LogP contribution >= 0.6 is 0 Å². The first-order chi connectivity index (χ1) is 8.09. The van der Waals surface area contributed by atoms with E-state index in [2.05, 4.69) is 10.4 Å². The molecule has 0 aliphatic rings. The van der Waals surface area contributed by atoms with Crippen LogP contribution in [0.15, 0.2) is 24.4 Å². The lowest BCUT2D eigenvalue weighted by molar-refractivity contribution is 0.0930. The number of nitrogens with zero attached hydrogens (tertiary/aromatic N) is 2. The number of nitrogens with one attached hydrogen (secondary N) is 2. The Balaban J connectivity index is 2.37. The van der Waals surface area contributed by atoms with Crippen LogP contribution in [0.25, 0.3) is 5.65 Å². The van der Waals surface area contributed by atoms with Gasteiger partial charge >= 0.3 is 6.03 Å². The predicted molar refractivity (Wildman–Crippen MR) is 60.1 cm³/mol. The molecule has 0 saturated heterocycles. The molecule has 3 amide bonds. The third kappa shape index (κ3) is 2.03. The molecule has 0 aromatic carbocycles. The highest BCUT2D eigenvalue weighted by Gasteiger charge is 2.15. The van der Waals surface area contributed by atoms with Gasteiger partial charge in [0, 0.05) is 6.20 Å². The van der Waals surface area contributed by atoms with Gasteiger partial charge in [0.1, 0.15) is 11.3 Å². The summed E-state index contributed by atoms with van der Waals surface area (Å²) in [6.07, 6.45) is 1.72. The second-order valence-corrected chi connectivity index (χ2v) is 3.42. The number of amides is 3. The first kappa shape index (κ1) is 10.9. The number of aryl methyl sites for hydroxylation is 1. The molecular formula is C10H11N5O2. The number of hydrazine groups is 1. The predicted octanol–water partition coefficient (Wildman–Crippen LogP) is -0.0442. The minimum Gasteiger partial charge on any atom is -0.350 e. The molecule has 4 N–H and O–H groups in total. The van der Waals surface area contributed by atoms with Gasteiger partial charge in [0.05, 0.1) is 5.69 Å². The molecule has 2 rings (SSSR count). The fraction of sp³-hybridized carbons (Fsp3) is 0.100. The molecule has 0 aliphatic carbocycles. The van der Waals surface area contributed by atoms with Crippen molar-refractivity contribution in [1.29, 1.82) is 0 Å². The number of hydrogen-bond acceptors (Lipinski definition) is 3. The lowest BCUT2D eigenvalue weighted by atomic mass is 10.3. The Bertz CT molecular complexity index is 589.